The summed E-state index contributed by atoms with van der Waals surface area (Å²) in [6.07, 6.45) is 0. The van der Waals surface area contributed by atoms with Gasteiger partial charge in [0.05, 0.1) is 14.2 Å². The van der Waals surface area contributed by atoms with Crippen molar-refractivity contribution in [2.45, 2.75) is 10.6 Å². The molecule has 0 spiro atoms. The summed E-state index contributed by atoms with van der Waals surface area (Å²) >= 11 is 5.16. The zero-order valence-electron chi connectivity index (χ0n) is 14.3. The average Bonchev–Trinajstić information content (AvgIpc) is 2.69. The molecule has 130 valence electrons. The van der Waals surface area contributed by atoms with Gasteiger partial charge < -0.3 is 9.47 Å². The van der Waals surface area contributed by atoms with Crippen LogP contribution in [0.5, 0.6) is 11.5 Å². The lowest BCUT2D eigenvalue weighted by Crippen LogP contribution is -1.82. The molecule has 4 heteroatoms. The maximum atomic E-state index is 5.12. The Morgan fingerprint density at radius 2 is 1.24 bits per heavy atom. The Morgan fingerprint density at radius 1 is 0.720 bits per heavy atom. The molecule has 0 saturated carbocycles. The van der Waals surface area contributed by atoms with E-state index in [1.54, 1.807) is 14.2 Å². The Balaban J connectivity index is 0.000000212. The first-order valence-electron chi connectivity index (χ1n) is 7.81. The Morgan fingerprint density at radius 3 is 1.76 bits per heavy atom. The molecular weight excluding hydrogens is 396 g/mol. The van der Waals surface area contributed by atoms with E-state index >= 15 is 0 Å². The topological polar surface area (TPSA) is 18.5 Å². The first-order valence-corrected chi connectivity index (χ1v) is 9.59. The molecule has 3 rings (SSSR count). The van der Waals surface area contributed by atoms with Gasteiger partial charge in [0, 0.05) is 15.1 Å². The van der Waals surface area contributed by atoms with Crippen LogP contribution in [0.15, 0.2) is 88.2 Å². The van der Waals surface area contributed by atoms with E-state index in [4.69, 9.17) is 9.47 Å². The molecule has 0 heterocycles. The van der Waals surface area contributed by atoms with Crippen molar-refractivity contribution in [2.24, 2.45) is 0 Å². The molecule has 0 radical (unpaired) electrons. The van der Waals surface area contributed by atoms with Gasteiger partial charge in [-0.15, -0.1) is 11.8 Å². The lowest BCUT2D eigenvalue weighted by atomic mass is 10.2. The number of halogens is 1. The second-order valence-electron chi connectivity index (χ2n) is 5.11. The maximum Gasteiger partial charge on any atom is 0.118 e. The number of rotatable bonds is 5. The van der Waals surface area contributed by atoms with Gasteiger partial charge in [-0.05, 0) is 54.1 Å². The van der Waals surface area contributed by atoms with Gasteiger partial charge in [-0.3, -0.25) is 0 Å². The molecule has 0 bridgehead atoms. The normalized spacial score (nSPS) is 9.72. The van der Waals surface area contributed by atoms with Crippen molar-refractivity contribution < 1.29 is 9.47 Å². The van der Waals surface area contributed by atoms with E-state index in [-0.39, 0.29) is 0 Å². The third-order valence-electron chi connectivity index (χ3n) is 3.36. The highest BCUT2D eigenvalue weighted by molar-refractivity contribution is 9.10. The zero-order valence-corrected chi connectivity index (χ0v) is 16.7. The van der Waals surface area contributed by atoms with Gasteiger partial charge in [0.1, 0.15) is 11.5 Å². The summed E-state index contributed by atoms with van der Waals surface area (Å²) in [6, 6.07) is 26.4. The highest BCUT2D eigenvalue weighted by Gasteiger charge is 1.96. The van der Waals surface area contributed by atoms with Crippen LogP contribution in [0.25, 0.3) is 0 Å². The predicted molar refractivity (Wildman–Crippen MR) is 110 cm³/mol. The summed E-state index contributed by atoms with van der Waals surface area (Å²) in [5.74, 6) is 2.80. The van der Waals surface area contributed by atoms with E-state index in [1.807, 2.05) is 54.2 Å². The number of methoxy groups -OCH3 is 2. The fourth-order valence-corrected chi connectivity index (χ4v) is 3.10. The molecule has 0 aliphatic carbocycles. The SMILES string of the molecule is COc1ccc(Br)cc1.COc1ccc(SCc2ccccc2)cc1. The molecule has 3 aromatic carbocycles. The Labute approximate surface area is 162 Å². The lowest BCUT2D eigenvalue weighted by molar-refractivity contribution is 0.414. The quantitative estimate of drug-likeness (QED) is 0.445. The molecular formula is C21H21BrO2S. The smallest absolute Gasteiger partial charge is 0.118 e. The molecule has 0 aliphatic heterocycles. The monoisotopic (exact) mass is 416 g/mol. The van der Waals surface area contributed by atoms with Crippen LogP contribution >= 0.6 is 27.7 Å². The first-order chi connectivity index (χ1) is 12.2. The third kappa shape index (κ3) is 7.24. The van der Waals surface area contributed by atoms with Crippen LogP contribution in [-0.4, -0.2) is 14.2 Å². The van der Waals surface area contributed by atoms with Gasteiger partial charge in [0.25, 0.3) is 0 Å². The fourth-order valence-electron chi connectivity index (χ4n) is 1.98. The van der Waals surface area contributed by atoms with Gasteiger partial charge in [0.15, 0.2) is 0 Å². The van der Waals surface area contributed by atoms with Crippen molar-refractivity contribution in [3.8, 4) is 11.5 Å². The highest BCUT2D eigenvalue weighted by atomic mass is 79.9. The second-order valence-corrected chi connectivity index (χ2v) is 7.07. The standard InChI is InChI=1S/C14H14OS.C7H7BrO/c1-15-13-7-9-14(10-8-13)16-11-12-5-3-2-4-6-12;1-9-7-4-2-6(8)3-5-7/h2-10H,11H2,1H3;2-5H,1H3. The Bertz CT molecular complexity index is 728. The van der Waals surface area contributed by atoms with Crippen molar-refractivity contribution in [1.82, 2.24) is 0 Å². The van der Waals surface area contributed by atoms with Gasteiger partial charge in [0.2, 0.25) is 0 Å². The second kappa shape index (κ2) is 10.9. The van der Waals surface area contributed by atoms with Gasteiger partial charge >= 0.3 is 0 Å². The van der Waals surface area contributed by atoms with E-state index in [2.05, 4.69) is 52.3 Å². The van der Waals surface area contributed by atoms with E-state index in [0.717, 1.165) is 21.7 Å². The molecule has 0 saturated heterocycles. The molecule has 2 nitrogen and oxygen atoms in total. The molecule has 3 aromatic rings. The number of ether oxygens (including phenoxy) is 2. The van der Waals surface area contributed by atoms with Crippen LogP contribution in [0, 0.1) is 0 Å². The molecule has 0 aromatic heterocycles. The fraction of sp³-hybridized carbons (Fsp3) is 0.143. The van der Waals surface area contributed by atoms with Crippen molar-refractivity contribution in [2.75, 3.05) is 14.2 Å². The molecule has 0 N–H and O–H groups in total. The Hall–Kier alpha value is -1.91. The highest BCUT2D eigenvalue weighted by Crippen LogP contribution is 2.24. The molecule has 25 heavy (non-hydrogen) atoms. The summed E-state index contributed by atoms with van der Waals surface area (Å²) in [6.45, 7) is 0. The van der Waals surface area contributed by atoms with Crippen LogP contribution in [0.2, 0.25) is 0 Å². The van der Waals surface area contributed by atoms with Crippen molar-refractivity contribution in [3.05, 3.63) is 88.9 Å². The largest absolute Gasteiger partial charge is 0.497 e. The van der Waals surface area contributed by atoms with E-state index in [1.165, 1.54) is 10.5 Å². The van der Waals surface area contributed by atoms with Gasteiger partial charge in [-0.25, -0.2) is 0 Å². The van der Waals surface area contributed by atoms with Gasteiger partial charge in [-0.2, -0.15) is 0 Å². The first kappa shape index (κ1) is 19.4. The molecule has 0 aliphatic rings. The van der Waals surface area contributed by atoms with E-state index < -0.39 is 0 Å². The van der Waals surface area contributed by atoms with Crippen molar-refractivity contribution in [3.63, 3.8) is 0 Å². The minimum atomic E-state index is 0.887. The molecule has 0 amide bonds. The van der Waals surface area contributed by atoms with E-state index in [9.17, 15) is 0 Å². The number of benzene rings is 3. The van der Waals surface area contributed by atoms with Crippen molar-refractivity contribution in [1.29, 1.82) is 0 Å². The van der Waals surface area contributed by atoms with Crippen LogP contribution in [0.4, 0.5) is 0 Å². The summed E-state index contributed by atoms with van der Waals surface area (Å²) in [5, 5.41) is 0. The number of thioether (sulfide) groups is 1. The van der Waals surface area contributed by atoms with Crippen LogP contribution in [-0.2, 0) is 5.75 Å². The van der Waals surface area contributed by atoms with Crippen LogP contribution in [0.1, 0.15) is 5.56 Å². The van der Waals surface area contributed by atoms with E-state index in [0.29, 0.717) is 0 Å². The summed E-state index contributed by atoms with van der Waals surface area (Å²) < 4.78 is 11.1. The maximum absolute atomic E-state index is 5.12. The number of hydrogen-bond donors (Lipinski definition) is 0. The number of hydrogen-bond acceptors (Lipinski definition) is 3. The molecule has 0 unspecified atom stereocenters. The molecule has 0 fully saturated rings. The Kier molecular flexibility index (Phi) is 8.43. The zero-order chi connectivity index (χ0) is 17.9. The van der Waals surface area contributed by atoms with Gasteiger partial charge in [-0.1, -0.05) is 46.3 Å². The minimum absolute atomic E-state index is 0.887. The minimum Gasteiger partial charge on any atom is -0.497 e. The third-order valence-corrected chi connectivity index (χ3v) is 4.97. The average molecular weight is 417 g/mol. The summed E-state index contributed by atoms with van der Waals surface area (Å²) in [5.41, 5.74) is 1.35. The molecule has 0 atom stereocenters. The predicted octanol–water partition coefficient (Wildman–Crippen LogP) is 6.45. The van der Waals surface area contributed by atoms with Crippen LogP contribution in [0.3, 0.4) is 0 Å². The lowest BCUT2D eigenvalue weighted by Gasteiger charge is -2.03. The summed E-state index contributed by atoms with van der Waals surface area (Å²) in [4.78, 5) is 1.27. The van der Waals surface area contributed by atoms with Crippen molar-refractivity contribution >= 4 is 27.7 Å². The summed E-state index contributed by atoms with van der Waals surface area (Å²) in [7, 11) is 3.34. The van der Waals surface area contributed by atoms with Crippen LogP contribution < -0.4 is 9.47 Å².